The molecule has 0 saturated carbocycles. The Morgan fingerprint density at radius 1 is 1.64 bits per heavy atom. The van der Waals surface area contributed by atoms with Crippen molar-refractivity contribution in [2.45, 2.75) is 6.92 Å². The highest BCUT2D eigenvalue weighted by atomic mass is 35.5. The Balaban J connectivity index is 3.21. The fraction of sp³-hybridized carbons (Fsp3) is 0.286. The monoisotopic (exact) mass is 173 g/mol. The molecule has 0 radical (unpaired) electrons. The molecule has 0 aliphatic rings. The predicted molar refractivity (Wildman–Crippen MR) is 41.7 cm³/mol. The van der Waals surface area contributed by atoms with Gasteiger partial charge in [-0.25, -0.2) is 0 Å². The van der Waals surface area contributed by atoms with E-state index in [4.69, 9.17) is 16.3 Å². The lowest BCUT2D eigenvalue weighted by molar-refractivity contribution is -0.603. The molecule has 1 heterocycles. The van der Waals surface area contributed by atoms with Crippen molar-refractivity contribution in [3.8, 4) is 5.75 Å². The Bertz CT molecular complexity index is 252. The van der Waals surface area contributed by atoms with Crippen LogP contribution in [0, 0.1) is 12.1 Å². The maximum atomic E-state index is 10.9. The fourth-order valence-corrected chi connectivity index (χ4v) is 0.871. The molecule has 0 aliphatic heterocycles. The minimum absolute atomic E-state index is 0.186. The van der Waals surface area contributed by atoms with Gasteiger partial charge in [0.25, 0.3) is 5.15 Å². The third-order valence-corrected chi connectivity index (χ3v) is 1.82. The number of rotatable bonds is 1. The second-order valence-corrected chi connectivity index (χ2v) is 2.54. The van der Waals surface area contributed by atoms with Crippen molar-refractivity contribution < 1.29 is 9.47 Å². The second kappa shape index (κ2) is 2.96. The third-order valence-electron chi connectivity index (χ3n) is 1.36. The number of ether oxygens (including phenoxy) is 1. The van der Waals surface area contributed by atoms with Crippen LogP contribution in [0.4, 0.5) is 0 Å². The minimum Gasteiger partial charge on any atom is -0.618 e. The highest BCUT2D eigenvalue weighted by molar-refractivity contribution is 6.29. The molecule has 0 unspecified atom stereocenters. The largest absolute Gasteiger partial charge is 0.618 e. The van der Waals surface area contributed by atoms with Gasteiger partial charge in [-0.05, 0) is 24.6 Å². The smallest absolute Gasteiger partial charge is 0.289 e. The molecule has 0 N–H and O–H groups in total. The van der Waals surface area contributed by atoms with Crippen molar-refractivity contribution in [1.82, 2.24) is 0 Å². The van der Waals surface area contributed by atoms with Crippen molar-refractivity contribution in [1.29, 1.82) is 0 Å². The first-order chi connectivity index (χ1) is 5.15. The maximum Gasteiger partial charge on any atom is 0.289 e. The van der Waals surface area contributed by atoms with Gasteiger partial charge in [-0.1, -0.05) is 0 Å². The number of hydrogen-bond acceptors (Lipinski definition) is 2. The average molecular weight is 174 g/mol. The molecule has 0 bridgehead atoms. The number of nitrogens with zero attached hydrogens (tertiary/aromatic N) is 1. The first-order valence-electron chi connectivity index (χ1n) is 3.08. The molecular weight excluding hydrogens is 166 g/mol. The molecule has 0 amide bonds. The van der Waals surface area contributed by atoms with E-state index in [1.165, 1.54) is 13.3 Å². The van der Waals surface area contributed by atoms with Gasteiger partial charge in [0, 0.05) is 5.56 Å². The van der Waals surface area contributed by atoms with Gasteiger partial charge < -0.3 is 9.94 Å². The van der Waals surface area contributed by atoms with Gasteiger partial charge in [0.1, 0.15) is 0 Å². The summed E-state index contributed by atoms with van der Waals surface area (Å²) in [5.41, 5.74) is 0.709. The summed E-state index contributed by atoms with van der Waals surface area (Å²) in [6, 6.07) is 1.71. The molecular formula is C7H8ClNO2. The van der Waals surface area contributed by atoms with Crippen LogP contribution < -0.4 is 9.47 Å². The lowest BCUT2D eigenvalue weighted by atomic mass is 10.3. The molecule has 1 aromatic rings. The highest BCUT2D eigenvalue weighted by Crippen LogP contribution is 2.15. The van der Waals surface area contributed by atoms with E-state index in [0.717, 1.165) is 0 Å². The molecule has 4 heteroatoms. The van der Waals surface area contributed by atoms with E-state index in [1.54, 1.807) is 13.0 Å². The van der Waals surface area contributed by atoms with Gasteiger partial charge in [0.15, 0.2) is 5.75 Å². The number of aromatic nitrogens is 1. The third kappa shape index (κ3) is 1.54. The zero-order valence-corrected chi connectivity index (χ0v) is 7.05. The summed E-state index contributed by atoms with van der Waals surface area (Å²) in [7, 11) is 1.50. The lowest BCUT2D eigenvalue weighted by Gasteiger charge is -2.03. The molecule has 0 atom stereocenters. The number of aryl methyl sites for hydroxylation is 1. The lowest BCUT2D eigenvalue weighted by Crippen LogP contribution is -2.27. The summed E-state index contributed by atoms with van der Waals surface area (Å²) < 4.78 is 5.43. The predicted octanol–water partition coefficient (Wildman–Crippen LogP) is 1.29. The van der Waals surface area contributed by atoms with E-state index >= 15 is 0 Å². The zero-order valence-electron chi connectivity index (χ0n) is 6.30. The zero-order chi connectivity index (χ0) is 8.43. The molecule has 0 aromatic carbocycles. The van der Waals surface area contributed by atoms with Crippen LogP contribution in [0.15, 0.2) is 12.3 Å². The van der Waals surface area contributed by atoms with Crippen molar-refractivity contribution >= 4 is 11.6 Å². The van der Waals surface area contributed by atoms with Crippen LogP contribution in [0.3, 0.4) is 0 Å². The van der Waals surface area contributed by atoms with Crippen LogP contribution in [-0.2, 0) is 0 Å². The van der Waals surface area contributed by atoms with Crippen LogP contribution >= 0.6 is 11.6 Å². The van der Waals surface area contributed by atoms with Gasteiger partial charge in [-0.3, -0.25) is 0 Å². The normalized spacial score (nSPS) is 9.73. The van der Waals surface area contributed by atoms with E-state index in [-0.39, 0.29) is 5.15 Å². The molecule has 0 aliphatic carbocycles. The van der Waals surface area contributed by atoms with E-state index in [0.29, 0.717) is 16.0 Å². The van der Waals surface area contributed by atoms with Crippen molar-refractivity contribution in [2.75, 3.05) is 7.11 Å². The summed E-state index contributed by atoms with van der Waals surface area (Å²) in [5.74, 6) is 0.516. The Hall–Kier alpha value is -0.960. The van der Waals surface area contributed by atoms with Crippen LogP contribution in [0.25, 0.3) is 0 Å². The van der Waals surface area contributed by atoms with Gasteiger partial charge in [0.05, 0.1) is 7.11 Å². The standard InChI is InChI=1S/C7H8ClNO2/c1-5-3-6(11-2)4-9(10)7(5)8/h3-4H,1-2H3. The number of methoxy groups -OCH3 is 1. The SMILES string of the molecule is COc1cc(C)c(Cl)[n+]([O-])c1. The fourth-order valence-electron chi connectivity index (χ4n) is 0.768. The average Bonchev–Trinajstić information content (AvgIpc) is 1.99. The Morgan fingerprint density at radius 3 is 2.73 bits per heavy atom. The number of halogens is 1. The van der Waals surface area contributed by atoms with Gasteiger partial charge in [-0.2, -0.15) is 4.73 Å². The van der Waals surface area contributed by atoms with Gasteiger partial charge >= 0.3 is 0 Å². The summed E-state index contributed by atoms with van der Waals surface area (Å²) in [5, 5.41) is 11.1. The first kappa shape index (κ1) is 8.14. The molecule has 0 saturated heterocycles. The summed E-state index contributed by atoms with van der Waals surface area (Å²) in [6.07, 6.45) is 1.29. The van der Waals surface area contributed by atoms with E-state index in [1.807, 2.05) is 0 Å². The molecule has 11 heavy (non-hydrogen) atoms. The quantitative estimate of drug-likeness (QED) is 0.365. The molecule has 60 valence electrons. The van der Waals surface area contributed by atoms with E-state index in [9.17, 15) is 5.21 Å². The van der Waals surface area contributed by atoms with E-state index in [2.05, 4.69) is 0 Å². The topological polar surface area (TPSA) is 36.2 Å². The minimum atomic E-state index is 0.186. The van der Waals surface area contributed by atoms with Crippen LogP contribution in [0.1, 0.15) is 5.56 Å². The molecule has 0 fully saturated rings. The molecule has 0 spiro atoms. The van der Waals surface area contributed by atoms with Crippen molar-refractivity contribution in [3.05, 3.63) is 28.2 Å². The summed E-state index contributed by atoms with van der Waals surface area (Å²) in [4.78, 5) is 0. The molecule has 3 nitrogen and oxygen atoms in total. The van der Waals surface area contributed by atoms with Crippen LogP contribution in [-0.4, -0.2) is 7.11 Å². The van der Waals surface area contributed by atoms with Gasteiger partial charge in [0.2, 0.25) is 6.20 Å². The van der Waals surface area contributed by atoms with Crippen molar-refractivity contribution in [2.24, 2.45) is 0 Å². The number of pyridine rings is 1. The Kier molecular flexibility index (Phi) is 2.19. The van der Waals surface area contributed by atoms with E-state index < -0.39 is 0 Å². The first-order valence-corrected chi connectivity index (χ1v) is 3.46. The van der Waals surface area contributed by atoms with Crippen LogP contribution in [0.5, 0.6) is 5.75 Å². The van der Waals surface area contributed by atoms with Crippen LogP contribution in [0.2, 0.25) is 5.15 Å². The Morgan fingerprint density at radius 2 is 2.27 bits per heavy atom. The summed E-state index contributed by atoms with van der Waals surface area (Å²) in [6.45, 7) is 1.75. The Labute approximate surface area is 69.8 Å². The van der Waals surface area contributed by atoms with Gasteiger partial charge in [-0.15, -0.1) is 0 Å². The number of hydrogen-bond donors (Lipinski definition) is 0. The maximum absolute atomic E-state index is 10.9. The summed E-state index contributed by atoms with van der Waals surface area (Å²) >= 11 is 5.60. The molecule has 1 aromatic heterocycles. The second-order valence-electron chi connectivity index (χ2n) is 2.18. The van der Waals surface area contributed by atoms with Crippen molar-refractivity contribution in [3.63, 3.8) is 0 Å². The molecule has 1 rings (SSSR count). The highest BCUT2D eigenvalue weighted by Gasteiger charge is 2.07.